The van der Waals surface area contributed by atoms with Gasteiger partial charge in [-0.25, -0.2) is 4.98 Å². The van der Waals surface area contributed by atoms with E-state index >= 15 is 0 Å². The zero-order chi connectivity index (χ0) is 20.5. The van der Waals surface area contributed by atoms with Gasteiger partial charge in [-0.2, -0.15) is 0 Å². The van der Waals surface area contributed by atoms with Crippen LogP contribution < -0.4 is 5.32 Å². The molecule has 2 heterocycles. The molecule has 0 atom stereocenters. The van der Waals surface area contributed by atoms with Gasteiger partial charge in [0.1, 0.15) is 5.82 Å². The van der Waals surface area contributed by atoms with Crippen LogP contribution in [0.1, 0.15) is 28.9 Å². The number of benzene rings is 1. The minimum atomic E-state index is -0.185. The lowest BCUT2D eigenvalue weighted by molar-refractivity contribution is -0.117. The van der Waals surface area contributed by atoms with Gasteiger partial charge in [-0.15, -0.1) is 0 Å². The van der Waals surface area contributed by atoms with Crippen LogP contribution in [0.2, 0.25) is 0 Å². The summed E-state index contributed by atoms with van der Waals surface area (Å²) in [4.78, 5) is 25.6. The van der Waals surface area contributed by atoms with E-state index in [2.05, 4.69) is 45.1 Å². The smallest absolute Gasteiger partial charge is 0.252 e. The van der Waals surface area contributed by atoms with Gasteiger partial charge in [-0.05, 0) is 48.7 Å². The van der Waals surface area contributed by atoms with Gasteiger partial charge in [0.15, 0.2) is 0 Å². The third-order valence-corrected chi connectivity index (χ3v) is 6.29. The van der Waals surface area contributed by atoms with Gasteiger partial charge < -0.3 is 10.3 Å². The van der Waals surface area contributed by atoms with Crippen molar-refractivity contribution < 1.29 is 4.79 Å². The van der Waals surface area contributed by atoms with Crippen LogP contribution in [0.15, 0.2) is 52.8 Å². The maximum absolute atomic E-state index is 12.7. The summed E-state index contributed by atoms with van der Waals surface area (Å²) in [5.41, 5.74) is 6.51. The van der Waals surface area contributed by atoms with Crippen molar-refractivity contribution in [2.75, 3.05) is 0 Å². The Bertz CT molecular complexity index is 1190. The molecule has 7 heteroatoms. The number of imidazole rings is 1. The number of halogens is 1. The predicted octanol–water partition coefficient (Wildman–Crippen LogP) is 4.74. The molecule has 1 aliphatic carbocycles. The summed E-state index contributed by atoms with van der Waals surface area (Å²) in [7, 11) is 0. The number of hydrogen-bond acceptors (Lipinski definition) is 4. The van der Waals surface area contributed by atoms with E-state index in [1.807, 2.05) is 30.4 Å². The second-order valence-electron chi connectivity index (χ2n) is 6.98. The lowest BCUT2D eigenvalue weighted by Gasteiger charge is -2.14. The Morgan fingerprint density at radius 2 is 2.17 bits per heavy atom. The van der Waals surface area contributed by atoms with Crippen molar-refractivity contribution in [3.8, 4) is 0 Å². The molecule has 29 heavy (non-hydrogen) atoms. The first-order chi connectivity index (χ1) is 13.9. The molecule has 5 nitrogen and oxygen atoms in total. The second kappa shape index (κ2) is 8.00. The summed E-state index contributed by atoms with van der Waals surface area (Å²) >= 11 is 9.03. The first kappa shape index (κ1) is 19.7. The number of hydrogen-bond donors (Lipinski definition) is 2. The number of amides is 1. The number of allylic oxidation sites excluding steroid dienone is 3. The van der Waals surface area contributed by atoms with Gasteiger partial charge >= 0.3 is 0 Å². The minimum Gasteiger partial charge on any atom is -0.348 e. The Morgan fingerprint density at radius 3 is 2.93 bits per heavy atom. The highest BCUT2D eigenvalue weighted by Gasteiger charge is 2.20. The fourth-order valence-corrected chi connectivity index (χ4v) is 4.01. The molecule has 0 bridgehead atoms. The summed E-state index contributed by atoms with van der Waals surface area (Å²) in [6.07, 6.45) is 7.80. The van der Waals surface area contributed by atoms with E-state index < -0.39 is 0 Å². The van der Waals surface area contributed by atoms with Crippen LogP contribution in [0.3, 0.4) is 0 Å². The van der Waals surface area contributed by atoms with E-state index in [-0.39, 0.29) is 5.91 Å². The normalized spacial score (nSPS) is 14.0. The molecule has 0 fully saturated rings. The summed E-state index contributed by atoms with van der Waals surface area (Å²) in [5.74, 6) is 0.552. The van der Waals surface area contributed by atoms with E-state index in [4.69, 9.17) is 17.2 Å². The average molecular weight is 467 g/mol. The minimum absolute atomic E-state index is 0.185. The Kier molecular flexibility index (Phi) is 5.43. The van der Waals surface area contributed by atoms with Gasteiger partial charge in [0, 0.05) is 40.3 Å². The number of aromatic amines is 1. The van der Waals surface area contributed by atoms with Gasteiger partial charge in [0.2, 0.25) is 0 Å². The number of carbonyl (C=O) groups is 1. The number of aryl methyl sites for hydroxylation is 1. The van der Waals surface area contributed by atoms with E-state index in [1.54, 1.807) is 12.4 Å². The van der Waals surface area contributed by atoms with Crippen molar-refractivity contribution in [2.24, 2.45) is 0 Å². The number of nitrogens with zero attached hydrogens (tertiary/aromatic N) is 2. The molecule has 0 aliphatic heterocycles. The number of fused-ring (bicyclic) bond motifs is 1. The average Bonchev–Trinajstić information content (AvgIpc) is 3.15. The Labute approximate surface area is 182 Å². The molecule has 1 aliphatic rings. The molecule has 0 unspecified atom stereocenters. The molecule has 0 radical (unpaired) electrons. The fraction of sp³-hybridized carbons (Fsp3) is 0.182. The monoisotopic (exact) mass is 466 g/mol. The molecule has 2 N–H and O–H groups in total. The Hall–Kier alpha value is -2.64. The molecule has 146 valence electrons. The molecule has 1 amide bonds. The molecule has 3 aromatic rings. The lowest BCUT2D eigenvalue weighted by atomic mass is 9.98. The highest BCUT2D eigenvalue weighted by Crippen LogP contribution is 2.30. The summed E-state index contributed by atoms with van der Waals surface area (Å²) in [6, 6.07) is 5.80. The molecule has 0 spiro atoms. The van der Waals surface area contributed by atoms with E-state index in [1.165, 1.54) is 5.56 Å². The van der Waals surface area contributed by atoms with Crippen molar-refractivity contribution in [3.63, 3.8) is 0 Å². The van der Waals surface area contributed by atoms with Crippen LogP contribution in [0.4, 0.5) is 0 Å². The quantitative estimate of drug-likeness (QED) is 0.544. The molecule has 0 saturated heterocycles. The first-order valence-corrected chi connectivity index (χ1v) is 10.4. The number of aromatic nitrogens is 3. The number of pyridine rings is 1. The van der Waals surface area contributed by atoms with Crippen LogP contribution in [0.25, 0.3) is 16.6 Å². The zero-order valence-electron chi connectivity index (χ0n) is 16.0. The molecule has 2 aromatic heterocycles. The van der Waals surface area contributed by atoms with Crippen molar-refractivity contribution in [1.82, 2.24) is 20.3 Å². The summed E-state index contributed by atoms with van der Waals surface area (Å²) < 4.78 is 1.04. The Morgan fingerprint density at radius 1 is 1.34 bits per heavy atom. The number of nitrogens with one attached hydrogen (secondary N) is 2. The summed E-state index contributed by atoms with van der Waals surface area (Å²) in [6.45, 7) is 4.53. The standard InChI is InChI=1S/C22H19BrN4OS/c1-12-13(2)20-18(9-17(12)23)26-21(27-20)15-5-6-19(29)16(8-15)22(28)25-11-14-4-3-7-24-10-14/h3-5,7-10H,6,11H2,1-2H3,(H,25,28)(H,26,27). The zero-order valence-corrected chi connectivity index (χ0v) is 18.4. The SMILES string of the molecule is Cc1c(Br)cc2[nH]c(C3=CCC(=S)C(C(=O)NCc4cccnc4)=C3)nc2c1C. The van der Waals surface area contributed by atoms with Gasteiger partial charge in [-0.3, -0.25) is 9.78 Å². The van der Waals surface area contributed by atoms with Crippen molar-refractivity contribution in [3.05, 3.63) is 75.3 Å². The third-order valence-electron chi connectivity index (χ3n) is 5.08. The van der Waals surface area contributed by atoms with Crippen LogP contribution in [0, 0.1) is 13.8 Å². The number of rotatable bonds is 4. The maximum atomic E-state index is 12.7. The number of H-pyrrole nitrogens is 1. The van der Waals surface area contributed by atoms with E-state index in [9.17, 15) is 4.79 Å². The highest BCUT2D eigenvalue weighted by atomic mass is 79.9. The van der Waals surface area contributed by atoms with E-state index in [0.29, 0.717) is 23.4 Å². The van der Waals surface area contributed by atoms with Crippen molar-refractivity contribution >= 4 is 55.5 Å². The maximum Gasteiger partial charge on any atom is 0.252 e. The number of carbonyl (C=O) groups excluding carboxylic acids is 1. The Balaban J connectivity index is 1.61. The van der Waals surface area contributed by atoms with Gasteiger partial charge in [-0.1, -0.05) is 40.3 Å². The fourth-order valence-electron chi connectivity index (χ4n) is 3.25. The van der Waals surface area contributed by atoms with Gasteiger partial charge in [0.05, 0.1) is 16.6 Å². The molecular formula is C22H19BrN4OS. The highest BCUT2D eigenvalue weighted by molar-refractivity contribution is 9.10. The molecule has 0 saturated carbocycles. The predicted molar refractivity (Wildman–Crippen MR) is 123 cm³/mol. The van der Waals surface area contributed by atoms with E-state index in [0.717, 1.165) is 38.0 Å². The first-order valence-electron chi connectivity index (χ1n) is 9.22. The van der Waals surface area contributed by atoms with Crippen LogP contribution in [0.5, 0.6) is 0 Å². The number of thiocarbonyl (C=S) groups is 1. The van der Waals surface area contributed by atoms with Crippen molar-refractivity contribution in [2.45, 2.75) is 26.8 Å². The molecule has 1 aromatic carbocycles. The molecule has 4 rings (SSSR count). The summed E-state index contributed by atoms with van der Waals surface area (Å²) in [5, 5.41) is 2.92. The van der Waals surface area contributed by atoms with Crippen LogP contribution in [-0.4, -0.2) is 25.7 Å². The third kappa shape index (κ3) is 3.93. The lowest BCUT2D eigenvalue weighted by Crippen LogP contribution is -2.28. The molecular weight excluding hydrogens is 448 g/mol. The second-order valence-corrected chi connectivity index (χ2v) is 8.33. The largest absolute Gasteiger partial charge is 0.348 e. The van der Waals surface area contributed by atoms with Gasteiger partial charge in [0.25, 0.3) is 5.91 Å². The van der Waals surface area contributed by atoms with Crippen LogP contribution >= 0.6 is 28.1 Å². The topological polar surface area (TPSA) is 70.7 Å². The van der Waals surface area contributed by atoms with Crippen molar-refractivity contribution in [1.29, 1.82) is 0 Å². The van der Waals surface area contributed by atoms with Crippen LogP contribution in [-0.2, 0) is 11.3 Å².